The number of alkyl halides is 2. The van der Waals surface area contributed by atoms with Gasteiger partial charge >= 0.3 is 11.9 Å². The van der Waals surface area contributed by atoms with Gasteiger partial charge in [0.2, 0.25) is 0 Å². The Hall–Kier alpha value is -0.780. The minimum atomic E-state index is -0.686. The highest BCUT2D eigenvalue weighted by Gasteiger charge is 2.71. The Kier molecular flexibility index (Phi) is 9.39. The lowest BCUT2D eigenvalue weighted by Crippen LogP contribution is -2.66. The van der Waals surface area contributed by atoms with Crippen LogP contribution in [0.1, 0.15) is 113 Å². The standard InChI is InChI=1S/C34H54Cl2O5/c1-21(10-9-14-30(2,3)39)22-11-16-34(8)29(22)23(40-27(37)19-35)18-25-32(6)15-13-26(41-28(38)20-36)31(4,5)24(32)12-17-33(25,34)7/h10,22-26,29,39H,9,11-20H2,1-8H3/b21-10-/t22-,23-,24+,25-,26+,29+,32+,33-,34-/m1/s1. The van der Waals surface area contributed by atoms with Crippen LogP contribution in [-0.2, 0) is 19.1 Å². The average molecular weight is 614 g/mol. The van der Waals surface area contributed by atoms with Gasteiger partial charge in [-0.05, 0) is 113 Å². The van der Waals surface area contributed by atoms with Gasteiger partial charge in [0.25, 0.3) is 0 Å². The topological polar surface area (TPSA) is 72.8 Å². The Morgan fingerprint density at radius 2 is 1.51 bits per heavy atom. The van der Waals surface area contributed by atoms with Crippen molar-refractivity contribution in [3.63, 3.8) is 0 Å². The third-order valence-corrected chi connectivity index (χ3v) is 13.3. The number of halogens is 2. The molecule has 0 aliphatic heterocycles. The van der Waals surface area contributed by atoms with Crippen molar-refractivity contribution in [2.45, 2.75) is 131 Å². The minimum absolute atomic E-state index is 0.0171. The van der Waals surface area contributed by atoms with Crippen molar-refractivity contribution in [2.75, 3.05) is 11.8 Å². The summed E-state index contributed by atoms with van der Waals surface area (Å²) in [6.07, 6.45) is 10.6. The first kappa shape index (κ1) is 33.1. The zero-order chi connectivity index (χ0) is 30.6. The molecule has 0 amide bonds. The van der Waals surface area contributed by atoms with Crippen LogP contribution in [0.15, 0.2) is 11.6 Å². The second kappa shape index (κ2) is 11.6. The number of rotatable bonds is 8. The maximum Gasteiger partial charge on any atom is 0.321 e. The molecule has 0 heterocycles. The summed E-state index contributed by atoms with van der Waals surface area (Å²) in [5.74, 6) is 0.446. The fourth-order valence-corrected chi connectivity index (χ4v) is 10.9. The van der Waals surface area contributed by atoms with Gasteiger partial charge in [0.15, 0.2) is 0 Å². The molecule has 1 N–H and O–H groups in total. The van der Waals surface area contributed by atoms with Gasteiger partial charge in [0.1, 0.15) is 24.0 Å². The van der Waals surface area contributed by atoms with E-state index in [4.69, 9.17) is 32.7 Å². The van der Waals surface area contributed by atoms with Crippen molar-refractivity contribution in [1.82, 2.24) is 0 Å². The third kappa shape index (κ3) is 5.75. The molecule has 0 saturated heterocycles. The average Bonchev–Trinajstić information content (AvgIpc) is 3.25. The van der Waals surface area contributed by atoms with Crippen LogP contribution in [0.25, 0.3) is 0 Å². The van der Waals surface area contributed by atoms with Crippen molar-refractivity contribution >= 4 is 35.1 Å². The van der Waals surface area contributed by atoms with Crippen molar-refractivity contribution in [3.05, 3.63) is 11.6 Å². The molecule has 0 radical (unpaired) electrons. The molecule has 41 heavy (non-hydrogen) atoms. The number of hydrogen-bond donors (Lipinski definition) is 1. The summed E-state index contributed by atoms with van der Waals surface area (Å²) in [6, 6.07) is 0. The van der Waals surface area contributed by atoms with Crippen LogP contribution in [0.2, 0.25) is 0 Å². The second-order valence-electron chi connectivity index (χ2n) is 15.8. The zero-order valence-electron chi connectivity index (χ0n) is 26.7. The van der Waals surface area contributed by atoms with E-state index >= 15 is 0 Å². The number of carbonyl (C=O) groups is 2. The van der Waals surface area contributed by atoms with E-state index in [1.54, 1.807) is 0 Å². The van der Waals surface area contributed by atoms with E-state index in [1.807, 2.05) is 13.8 Å². The van der Waals surface area contributed by atoms with Gasteiger partial charge in [0.05, 0.1) is 5.60 Å². The summed E-state index contributed by atoms with van der Waals surface area (Å²) < 4.78 is 12.2. The Bertz CT molecular complexity index is 1030. The van der Waals surface area contributed by atoms with E-state index in [2.05, 4.69) is 47.6 Å². The van der Waals surface area contributed by atoms with E-state index in [9.17, 15) is 14.7 Å². The van der Waals surface area contributed by atoms with Gasteiger partial charge in [-0.15, -0.1) is 23.2 Å². The fourth-order valence-electron chi connectivity index (χ4n) is 10.7. The summed E-state index contributed by atoms with van der Waals surface area (Å²) >= 11 is 11.8. The number of ether oxygens (including phenoxy) is 2. The lowest BCUT2D eigenvalue weighted by Gasteiger charge is -2.70. The molecule has 0 aromatic carbocycles. The Morgan fingerprint density at radius 3 is 2.12 bits per heavy atom. The van der Waals surface area contributed by atoms with Crippen LogP contribution in [-0.4, -0.2) is 46.6 Å². The molecular formula is C34H54Cl2O5. The van der Waals surface area contributed by atoms with Crippen LogP contribution in [0, 0.1) is 45.3 Å². The van der Waals surface area contributed by atoms with Crippen molar-refractivity contribution in [3.8, 4) is 0 Å². The lowest BCUT2D eigenvalue weighted by molar-refractivity contribution is -0.246. The lowest BCUT2D eigenvalue weighted by atomic mass is 9.35. The van der Waals surface area contributed by atoms with Crippen molar-refractivity contribution < 1.29 is 24.2 Å². The molecule has 5 nitrogen and oxygen atoms in total. The normalized spacial score (nSPS) is 42.1. The number of esters is 2. The minimum Gasteiger partial charge on any atom is -0.461 e. The molecule has 234 valence electrons. The first-order chi connectivity index (χ1) is 18.9. The highest BCUT2D eigenvalue weighted by atomic mass is 35.5. The Balaban J connectivity index is 1.70. The maximum atomic E-state index is 12.8. The number of allylic oxidation sites excluding steroid dienone is 2. The monoisotopic (exact) mass is 612 g/mol. The zero-order valence-corrected chi connectivity index (χ0v) is 28.2. The fraction of sp³-hybridized carbons (Fsp3) is 0.882. The van der Waals surface area contributed by atoms with Crippen LogP contribution in [0.5, 0.6) is 0 Å². The quantitative estimate of drug-likeness (QED) is 0.170. The number of aliphatic hydroxyl groups is 1. The summed E-state index contributed by atoms with van der Waals surface area (Å²) in [4.78, 5) is 25.0. The van der Waals surface area contributed by atoms with E-state index in [1.165, 1.54) is 5.57 Å². The number of hydrogen-bond acceptors (Lipinski definition) is 5. The molecule has 9 atom stereocenters. The summed E-state index contributed by atoms with van der Waals surface area (Å²) in [7, 11) is 0. The molecule has 0 spiro atoms. The smallest absolute Gasteiger partial charge is 0.321 e. The molecular weight excluding hydrogens is 559 g/mol. The van der Waals surface area contributed by atoms with Gasteiger partial charge in [-0.3, -0.25) is 9.59 Å². The SMILES string of the molecule is C/C(=C/CCC(C)(C)O)[C@H]1CC[C@]2(C)[C@@H]1[C@H](OC(=O)CCl)C[C@@H]1[C@@]3(C)CC[C@H](OC(=O)CCl)C(C)(C)[C@@H]3CC[C@]12C. The van der Waals surface area contributed by atoms with E-state index in [0.717, 1.165) is 57.8 Å². The van der Waals surface area contributed by atoms with Crippen LogP contribution >= 0.6 is 23.2 Å². The van der Waals surface area contributed by atoms with Gasteiger partial charge < -0.3 is 14.6 Å². The summed E-state index contributed by atoms with van der Waals surface area (Å²) in [6.45, 7) is 18.0. The van der Waals surface area contributed by atoms with Crippen molar-refractivity contribution in [1.29, 1.82) is 0 Å². The maximum absolute atomic E-state index is 12.8. The predicted octanol–water partition coefficient (Wildman–Crippen LogP) is 8.08. The molecule has 7 heteroatoms. The Morgan fingerprint density at radius 1 is 0.902 bits per heavy atom. The molecule has 4 saturated carbocycles. The number of fused-ring (bicyclic) bond motifs is 5. The third-order valence-electron chi connectivity index (χ3n) is 12.9. The molecule has 0 unspecified atom stereocenters. The molecule has 0 aromatic rings. The van der Waals surface area contributed by atoms with Crippen LogP contribution in [0.4, 0.5) is 0 Å². The summed E-state index contributed by atoms with van der Waals surface area (Å²) in [5, 5.41) is 10.3. The molecule has 4 rings (SSSR count). The Labute approximate surface area is 258 Å². The molecule has 4 aliphatic rings. The first-order valence-electron chi connectivity index (χ1n) is 15.8. The van der Waals surface area contributed by atoms with Gasteiger partial charge in [0, 0.05) is 11.3 Å². The van der Waals surface area contributed by atoms with E-state index in [0.29, 0.717) is 17.8 Å². The predicted molar refractivity (Wildman–Crippen MR) is 165 cm³/mol. The molecule has 0 aromatic heterocycles. The largest absolute Gasteiger partial charge is 0.461 e. The van der Waals surface area contributed by atoms with Gasteiger partial charge in [-0.2, -0.15) is 0 Å². The highest BCUT2D eigenvalue weighted by Crippen LogP contribution is 2.76. The molecule has 4 fully saturated rings. The summed E-state index contributed by atoms with van der Waals surface area (Å²) in [5.41, 5.74) is 0.658. The van der Waals surface area contributed by atoms with Crippen LogP contribution < -0.4 is 0 Å². The highest BCUT2D eigenvalue weighted by molar-refractivity contribution is 6.26. The second-order valence-corrected chi connectivity index (χ2v) is 16.4. The molecule has 0 bridgehead atoms. The van der Waals surface area contributed by atoms with Crippen molar-refractivity contribution in [2.24, 2.45) is 45.3 Å². The first-order valence-corrected chi connectivity index (χ1v) is 16.9. The van der Waals surface area contributed by atoms with Gasteiger partial charge in [-0.1, -0.05) is 46.3 Å². The van der Waals surface area contributed by atoms with E-state index in [-0.39, 0.29) is 63.5 Å². The molecule has 4 aliphatic carbocycles. The number of carbonyl (C=O) groups excluding carboxylic acids is 2. The van der Waals surface area contributed by atoms with E-state index < -0.39 is 5.60 Å². The van der Waals surface area contributed by atoms with Gasteiger partial charge in [-0.25, -0.2) is 0 Å². The van der Waals surface area contributed by atoms with Crippen LogP contribution in [0.3, 0.4) is 0 Å².